The number of carbonyl (C=O) groups is 1. The van der Waals surface area contributed by atoms with Crippen molar-refractivity contribution in [1.29, 1.82) is 0 Å². The van der Waals surface area contributed by atoms with Crippen LogP contribution in [0.3, 0.4) is 0 Å². The van der Waals surface area contributed by atoms with Crippen molar-refractivity contribution in [1.82, 2.24) is 0 Å². The molecule has 2 nitrogen and oxygen atoms in total. The minimum Gasteiger partial charge on any atom is -0.478 e. The van der Waals surface area contributed by atoms with Crippen molar-refractivity contribution in [2.75, 3.05) is 0 Å². The number of rotatable bonds is 2. The van der Waals surface area contributed by atoms with Crippen molar-refractivity contribution in [3.8, 4) is 11.1 Å². The average molecular weight is 284 g/mol. The standard InChI is InChI=1S/C14H8F4O2/c15-10-4-5-11(13(19)20)12(7-10)8-2-1-3-9(6-8)14(16,17)18/h1-7H,(H,19,20). The third kappa shape index (κ3) is 2.79. The Balaban J connectivity index is 2.62. The molecule has 0 fully saturated rings. The normalized spacial score (nSPS) is 11.4. The zero-order valence-corrected chi connectivity index (χ0v) is 9.91. The van der Waals surface area contributed by atoms with E-state index < -0.39 is 23.5 Å². The molecule has 6 heteroatoms. The van der Waals surface area contributed by atoms with Crippen molar-refractivity contribution >= 4 is 5.97 Å². The molecule has 0 aromatic heterocycles. The highest BCUT2D eigenvalue weighted by molar-refractivity contribution is 5.96. The predicted octanol–water partition coefficient (Wildman–Crippen LogP) is 4.21. The molecule has 0 aliphatic heterocycles. The second-order valence-corrected chi connectivity index (χ2v) is 4.07. The average Bonchev–Trinajstić information content (AvgIpc) is 2.37. The summed E-state index contributed by atoms with van der Waals surface area (Å²) in [6.07, 6.45) is -4.55. The van der Waals surface area contributed by atoms with Crippen LogP contribution in [0.2, 0.25) is 0 Å². The molecule has 0 heterocycles. The molecule has 0 aliphatic carbocycles. The Morgan fingerprint density at radius 2 is 1.75 bits per heavy atom. The molecular weight excluding hydrogens is 276 g/mol. The highest BCUT2D eigenvalue weighted by Gasteiger charge is 2.30. The van der Waals surface area contributed by atoms with Crippen LogP contribution in [-0.4, -0.2) is 11.1 Å². The van der Waals surface area contributed by atoms with Crippen LogP contribution in [0.5, 0.6) is 0 Å². The van der Waals surface area contributed by atoms with Crippen LogP contribution in [0, 0.1) is 5.82 Å². The maximum Gasteiger partial charge on any atom is 0.416 e. The molecule has 20 heavy (non-hydrogen) atoms. The molecule has 0 saturated carbocycles. The minimum absolute atomic E-state index is 0.00303. The van der Waals surface area contributed by atoms with Gasteiger partial charge in [-0.1, -0.05) is 12.1 Å². The molecule has 2 rings (SSSR count). The van der Waals surface area contributed by atoms with E-state index in [1.165, 1.54) is 6.07 Å². The van der Waals surface area contributed by atoms with Gasteiger partial charge in [0.2, 0.25) is 0 Å². The Morgan fingerprint density at radius 1 is 1.05 bits per heavy atom. The molecule has 0 unspecified atom stereocenters. The molecule has 0 amide bonds. The molecule has 0 aliphatic rings. The molecule has 0 atom stereocenters. The molecule has 2 aromatic rings. The van der Waals surface area contributed by atoms with Gasteiger partial charge >= 0.3 is 12.1 Å². The number of benzene rings is 2. The zero-order chi connectivity index (χ0) is 14.9. The number of carboxylic acids is 1. The lowest BCUT2D eigenvalue weighted by atomic mass is 9.98. The number of hydrogen-bond acceptors (Lipinski definition) is 1. The smallest absolute Gasteiger partial charge is 0.416 e. The summed E-state index contributed by atoms with van der Waals surface area (Å²) in [7, 11) is 0. The van der Waals surface area contributed by atoms with E-state index >= 15 is 0 Å². The third-order valence-corrected chi connectivity index (χ3v) is 2.71. The molecule has 2 aromatic carbocycles. The van der Waals surface area contributed by atoms with Gasteiger partial charge in [0.1, 0.15) is 5.82 Å². The third-order valence-electron chi connectivity index (χ3n) is 2.71. The lowest BCUT2D eigenvalue weighted by Gasteiger charge is -2.10. The number of aromatic carboxylic acids is 1. The van der Waals surface area contributed by atoms with Gasteiger partial charge in [0, 0.05) is 0 Å². The van der Waals surface area contributed by atoms with Crippen molar-refractivity contribution in [2.24, 2.45) is 0 Å². The second-order valence-electron chi connectivity index (χ2n) is 4.07. The molecule has 104 valence electrons. The van der Waals surface area contributed by atoms with Crippen LogP contribution < -0.4 is 0 Å². The Morgan fingerprint density at radius 3 is 2.35 bits per heavy atom. The van der Waals surface area contributed by atoms with Gasteiger partial charge in [-0.3, -0.25) is 0 Å². The fraction of sp³-hybridized carbons (Fsp3) is 0.0714. The molecule has 0 radical (unpaired) electrons. The van der Waals surface area contributed by atoms with Gasteiger partial charge in [-0.2, -0.15) is 13.2 Å². The second kappa shape index (κ2) is 4.96. The SMILES string of the molecule is O=C(O)c1ccc(F)cc1-c1cccc(C(F)(F)F)c1. The lowest BCUT2D eigenvalue weighted by Crippen LogP contribution is -2.05. The van der Waals surface area contributed by atoms with E-state index in [0.717, 1.165) is 36.4 Å². The van der Waals surface area contributed by atoms with E-state index in [0.29, 0.717) is 0 Å². The van der Waals surface area contributed by atoms with E-state index in [9.17, 15) is 22.4 Å². The number of carboxylic acid groups (broad SMARTS) is 1. The van der Waals surface area contributed by atoms with Crippen molar-refractivity contribution in [3.05, 3.63) is 59.4 Å². The Labute approximate surface area is 111 Å². The van der Waals surface area contributed by atoms with Gasteiger partial charge in [0.15, 0.2) is 0 Å². The molecule has 1 N–H and O–H groups in total. The monoisotopic (exact) mass is 284 g/mol. The van der Waals surface area contributed by atoms with Gasteiger partial charge in [-0.25, -0.2) is 9.18 Å². The Kier molecular flexibility index (Phi) is 3.48. The van der Waals surface area contributed by atoms with E-state index in [4.69, 9.17) is 5.11 Å². The first-order chi connectivity index (χ1) is 9.29. The van der Waals surface area contributed by atoms with Crippen LogP contribution in [0.4, 0.5) is 17.6 Å². The molecule has 0 saturated heterocycles. The van der Waals surface area contributed by atoms with Gasteiger partial charge in [-0.05, 0) is 41.5 Å². The summed E-state index contributed by atoms with van der Waals surface area (Å²) in [4.78, 5) is 11.0. The summed E-state index contributed by atoms with van der Waals surface area (Å²) >= 11 is 0. The fourth-order valence-corrected chi connectivity index (χ4v) is 1.80. The van der Waals surface area contributed by atoms with E-state index in [1.54, 1.807) is 0 Å². The predicted molar refractivity (Wildman–Crippen MR) is 63.8 cm³/mol. The highest BCUT2D eigenvalue weighted by Crippen LogP contribution is 2.33. The summed E-state index contributed by atoms with van der Waals surface area (Å²) < 4.78 is 51.1. The van der Waals surface area contributed by atoms with Crippen LogP contribution in [-0.2, 0) is 6.18 Å². The van der Waals surface area contributed by atoms with Crippen LogP contribution in [0.1, 0.15) is 15.9 Å². The minimum atomic E-state index is -4.55. The van der Waals surface area contributed by atoms with E-state index in [-0.39, 0.29) is 16.7 Å². The summed E-state index contributed by atoms with van der Waals surface area (Å²) in [5.41, 5.74) is -1.28. The number of hydrogen-bond donors (Lipinski definition) is 1. The van der Waals surface area contributed by atoms with Crippen LogP contribution in [0.15, 0.2) is 42.5 Å². The summed E-state index contributed by atoms with van der Waals surface area (Å²) in [6, 6.07) is 6.97. The lowest BCUT2D eigenvalue weighted by molar-refractivity contribution is -0.137. The number of halogens is 4. The molecular formula is C14H8F4O2. The van der Waals surface area contributed by atoms with Crippen molar-refractivity contribution in [2.45, 2.75) is 6.18 Å². The topological polar surface area (TPSA) is 37.3 Å². The maximum atomic E-state index is 13.2. The maximum absolute atomic E-state index is 13.2. The van der Waals surface area contributed by atoms with E-state index in [2.05, 4.69) is 0 Å². The van der Waals surface area contributed by atoms with Crippen LogP contribution >= 0.6 is 0 Å². The first-order valence-corrected chi connectivity index (χ1v) is 5.49. The zero-order valence-electron chi connectivity index (χ0n) is 9.91. The largest absolute Gasteiger partial charge is 0.478 e. The summed E-state index contributed by atoms with van der Waals surface area (Å²) in [5.74, 6) is -2.06. The summed E-state index contributed by atoms with van der Waals surface area (Å²) in [5, 5.41) is 9.00. The quantitative estimate of drug-likeness (QED) is 0.839. The first kappa shape index (κ1) is 14.0. The summed E-state index contributed by atoms with van der Waals surface area (Å²) in [6.45, 7) is 0. The van der Waals surface area contributed by atoms with Crippen molar-refractivity contribution in [3.63, 3.8) is 0 Å². The Bertz CT molecular complexity index is 662. The number of alkyl halides is 3. The van der Waals surface area contributed by atoms with Crippen LogP contribution in [0.25, 0.3) is 11.1 Å². The molecule has 0 spiro atoms. The van der Waals surface area contributed by atoms with Crippen molar-refractivity contribution < 1.29 is 27.5 Å². The van der Waals surface area contributed by atoms with Gasteiger partial charge in [-0.15, -0.1) is 0 Å². The Hall–Kier alpha value is -2.37. The van der Waals surface area contributed by atoms with Gasteiger partial charge in [0.05, 0.1) is 11.1 Å². The van der Waals surface area contributed by atoms with Gasteiger partial charge < -0.3 is 5.11 Å². The van der Waals surface area contributed by atoms with Gasteiger partial charge in [0.25, 0.3) is 0 Å². The highest BCUT2D eigenvalue weighted by atomic mass is 19.4. The first-order valence-electron chi connectivity index (χ1n) is 5.49. The van der Waals surface area contributed by atoms with E-state index in [1.807, 2.05) is 0 Å². The fourth-order valence-electron chi connectivity index (χ4n) is 1.80. The molecule has 0 bridgehead atoms.